The van der Waals surface area contributed by atoms with E-state index >= 15 is 0 Å². The topological polar surface area (TPSA) is 67.9 Å². The lowest BCUT2D eigenvalue weighted by molar-refractivity contribution is -0.146. The van der Waals surface area contributed by atoms with Gasteiger partial charge in [0.1, 0.15) is 11.7 Å². The number of imidazole rings is 1. The molecule has 1 N–H and O–H groups in total. The first-order valence-corrected chi connectivity index (χ1v) is 6.09. The van der Waals surface area contributed by atoms with E-state index < -0.39 is 0 Å². The highest BCUT2D eigenvalue weighted by molar-refractivity contribution is 5.80. The number of aromatic nitrogens is 3. The zero-order valence-electron chi connectivity index (χ0n) is 10.8. The Morgan fingerprint density at radius 1 is 1.50 bits per heavy atom. The minimum atomic E-state index is -0.364. The molecule has 2 aromatic rings. The van der Waals surface area contributed by atoms with Crippen LogP contribution in [-0.2, 0) is 9.53 Å². The third-order valence-electron chi connectivity index (χ3n) is 2.80. The second-order valence-electron chi connectivity index (χ2n) is 4.49. The zero-order valence-corrected chi connectivity index (χ0v) is 10.8. The number of nitrogens with zero attached hydrogens (tertiary/aromatic N) is 2. The van der Waals surface area contributed by atoms with Crippen LogP contribution in [0.25, 0.3) is 11.0 Å². The molecule has 0 bridgehead atoms. The number of nitrogens with one attached hydrogen (secondary N) is 1. The minimum absolute atomic E-state index is 0.123. The van der Waals surface area contributed by atoms with E-state index in [-0.39, 0.29) is 17.8 Å². The van der Waals surface area contributed by atoms with E-state index in [9.17, 15) is 4.79 Å². The summed E-state index contributed by atoms with van der Waals surface area (Å²) in [6, 6.07) is 1.82. The fourth-order valence-corrected chi connectivity index (χ4v) is 1.96. The Labute approximate surface area is 106 Å². The summed E-state index contributed by atoms with van der Waals surface area (Å²) in [6.07, 6.45) is 3.38. The van der Waals surface area contributed by atoms with Crippen LogP contribution in [-0.4, -0.2) is 27.5 Å². The van der Waals surface area contributed by atoms with Gasteiger partial charge in [-0.25, -0.2) is 4.98 Å². The molecule has 0 saturated carbocycles. The molecule has 0 spiro atoms. The van der Waals surface area contributed by atoms with Gasteiger partial charge in [-0.2, -0.15) is 0 Å². The number of fused-ring (bicyclic) bond motifs is 1. The molecule has 1 unspecified atom stereocenters. The molecule has 0 fully saturated rings. The fourth-order valence-electron chi connectivity index (χ4n) is 1.96. The third-order valence-corrected chi connectivity index (χ3v) is 2.80. The van der Waals surface area contributed by atoms with Crippen LogP contribution < -0.4 is 0 Å². The van der Waals surface area contributed by atoms with Crippen LogP contribution >= 0.6 is 0 Å². The van der Waals surface area contributed by atoms with Crippen LogP contribution in [0, 0.1) is 5.92 Å². The van der Waals surface area contributed by atoms with E-state index in [2.05, 4.69) is 15.0 Å². The van der Waals surface area contributed by atoms with Gasteiger partial charge in [0.2, 0.25) is 0 Å². The highest BCUT2D eigenvalue weighted by Crippen LogP contribution is 2.25. The summed E-state index contributed by atoms with van der Waals surface area (Å²) >= 11 is 0. The quantitative estimate of drug-likeness (QED) is 0.841. The molecule has 2 rings (SSSR count). The summed E-state index contributed by atoms with van der Waals surface area (Å²) in [7, 11) is 0. The van der Waals surface area contributed by atoms with Crippen molar-refractivity contribution in [3.63, 3.8) is 0 Å². The highest BCUT2D eigenvalue weighted by atomic mass is 16.5. The Hall–Kier alpha value is -1.91. The molecule has 2 aromatic heterocycles. The Bertz CT molecular complexity index is 515. The molecule has 0 radical (unpaired) electrons. The van der Waals surface area contributed by atoms with Crippen molar-refractivity contribution in [2.24, 2.45) is 5.92 Å². The maximum Gasteiger partial charge on any atom is 0.316 e. The average molecular weight is 247 g/mol. The van der Waals surface area contributed by atoms with Gasteiger partial charge < -0.3 is 9.72 Å². The number of carbonyl (C=O) groups excluding carboxylic acids is 1. The SMILES string of the molecule is CCOC(=O)C(c1nc2ccncc2[nH]1)C(C)C. The first-order chi connectivity index (χ1) is 8.63. The lowest BCUT2D eigenvalue weighted by Gasteiger charge is -2.16. The van der Waals surface area contributed by atoms with Gasteiger partial charge >= 0.3 is 5.97 Å². The first kappa shape index (κ1) is 12.5. The maximum absolute atomic E-state index is 12.0. The molecule has 5 heteroatoms. The molecular formula is C13H17N3O2. The number of hydrogen-bond donors (Lipinski definition) is 1. The molecule has 0 aliphatic carbocycles. The molecule has 5 nitrogen and oxygen atoms in total. The van der Waals surface area contributed by atoms with E-state index in [1.54, 1.807) is 19.3 Å². The van der Waals surface area contributed by atoms with Gasteiger partial charge in [-0.1, -0.05) is 13.8 Å². The predicted octanol–water partition coefficient (Wildman–Crippen LogP) is 2.26. The van der Waals surface area contributed by atoms with Gasteiger partial charge in [0.25, 0.3) is 0 Å². The standard InChI is InChI=1S/C13H17N3O2/c1-4-18-13(17)11(8(2)3)12-15-9-5-6-14-7-10(9)16-12/h5-8,11H,4H2,1-3H3,(H,15,16). The Kier molecular flexibility index (Phi) is 3.60. The van der Waals surface area contributed by atoms with Gasteiger partial charge in [0, 0.05) is 6.20 Å². The smallest absolute Gasteiger partial charge is 0.316 e. The van der Waals surface area contributed by atoms with E-state index in [1.807, 2.05) is 19.9 Å². The van der Waals surface area contributed by atoms with E-state index in [1.165, 1.54) is 0 Å². The lowest BCUT2D eigenvalue weighted by atomic mass is 9.95. The van der Waals surface area contributed by atoms with Gasteiger partial charge in [-0.05, 0) is 18.9 Å². The number of carbonyl (C=O) groups is 1. The summed E-state index contributed by atoms with van der Waals surface area (Å²) in [5.74, 6) is 0.167. The molecule has 0 saturated heterocycles. The van der Waals surface area contributed by atoms with Crippen molar-refractivity contribution in [3.8, 4) is 0 Å². The Balaban J connectivity index is 2.38. The normalized spacial score (nSPS) is 12.9. The van der Waals surface area contributed by atoms with Gasteiger partial charge in [0.15, 0.2) is 0 Å². The maximum atomic E-state index is 12.0. The molecule has 96 valence electrons. The monoisotopic (exact) mass is 247 g/mol. The molecule has 0 aliphatic heterocycles. The number of hydrogen-bond acceptors (Lipinski definition) is 4. The van der Waals surface area contributed by atoms with Crippen molar-refractivity contribution in [2.45, 2.75) is 26.7 Å². The molecule has 0 amide bonds. The molecular weight excluding hydrogens is 230 g/mol. The second kappa shape index (κ2) is 5.16. The van der Waals surface area contributed by atoms with Crippen LogP contribution in [0.5, 0.6) is 0 Å². The van der Waals surface area contributed by atoms with Crippen LogP contribution in [0.4, 0.5) is 0 Å². The molecule has 0 aromatic carbocycles. The highest BCUT2D eigenvalue weighted by Gasteiger charge is 2.28. The van der Waals surface area contributed by atoms with E-state index in [0.717, 1.165) is 11.0 Å². The van der Waals surface area contributed by atoms with Gasteiger partial charge in [-0.3, -0.25) is 9.78 Å². The molecule has 18 heavy (non-hydrogen) atoms. The summed E-state index contributed by atoms with van der Waals surface area (Å²) < 4.78 is 5.10. The third kappa shape index (κ3) is 2.34. The fraction of sp³-hybridized carbons (Fsp3) is 0.462. The molecule has 1 atom stereocenters. The lowest BCUT2D eigenvalue weighted by Crippen LogP contribution is -2.22. The predicted molar refractivity (Wildman–Crippen MR) is 68.1 cm³/mol. The van der Waals surface area contributed by atoms with Gasteiger partial charge in [-0.15, -0.1) is 0 Å². The van der Waals surface area contributed by atoms with Crippen molar-refractivity contribution in [1.29, 1.82) is 0 Å². The number of ether oxygens (including phenoxy) is 1. The number of rotatable bonds is 4. The van der Waals surface area contributed by atoms with Crippen LogP contribution in [0.3, 0.4) is 0 Å². The largest absolute Gasteiger partial charge is 0.465 e. The number of aromatic amines is 1. The van der Waals surface area contributed by atoms with E-state index in [4.69, 9.17) is 4.74 Å². The molecule has 2 heterocycles. The van der Waals surface area contributed by atoms with Crippen LogP contribution in [0.2, 0.25) is 0 Å². The average Bonchev–Trinajstić information content (AvgIpc) is 2.71. The summed E-state index contributed by atoms with van der Waals surface area (Å²) in [5, 5.41) is 0. The van der Waals surface area contributed by atoms with Crippen LogP contribution in [0.1, 0.15) is 32.5 Å². The van der Waals surface area contributed by atoms with Crippen molar-refractivity contribution < 1.29 is 9.53 Å². The van der Waals surface area contributed by atoms with Crippen molar-refractivity contribution in [1.82, 2.24) is 15.0 Å². The second-order valence-corrected chi connectivity index (χ2v) is 4.49. The first-order valence-electron chi connectivity index (χ1n) is 6.09. The minimum Gasteiger partial charge on any atom is -0.465 e. The molecule has 0 aliphatic rings. The van der Waals surface area contributed by atoms with Gasteiger partial charge in [0.05, 0.1) is 23.8 Å². The van der Waals surface area contributed by atoms with Crippen molar-refractivity contribution in [3.05, 3.63) is 24.3 Å². The number of esters is 1. The van der Waals surface area contributed by atoms with Crippen molar-refractivity contribution in [2.75, 3.05) is 6.61 Å². The number of pyridine rings is 1. The summed E-state index contributed by atoms with van der Waals surface area (Å²) in [5.41, 5.74) is 1.65. The van der Waals surface area contributed by atoms with Crippen LogP contribution in [0.15, 0.2) is 18.5 Å². The van der Waals surface area contributed by atoms with E-state index in [0.29, 0.717) is 12.4 Å². The summed E-state index contributed by atoms with van der Waals surface area (Å²) in [4.78, 5) is 23.6. The number of H-pyrrole nitrogens is 1. The Morgan fingerprint density at radius 2 is 2.28 bits per heavy atom. The van der Waals surface area contributed by atoms with Crippen molar-refractivity contribution >= 4 is 17.0 Å². The zero-order chi connectivity index (χ0) is 13.1. The Morgan fingerprint density at radius 3 is 2.89 bits per heavy atom. The summed E-state index contributed by atoms with van der Waals surface area (Å²) in [6.45, 7) is 6.14.